The molecule has 0 bridgehead atoms. The molecule has 0 saturated heterocycles. The van der Waals surface area contributed by atoms with E-state index in [0.29, 0.717) is 0 Å². The number of hydrogen-bond donors (Lipinski definition) is 0. The van der Waals surface area contributed by atoms with Crippen LogP contribution in [0.1, 0.15) is 52.9 Å². The molecule has 0 heterocycles. The van der Waals surface area contributed by atoms with Gasteiger partial charge in [0.05, 0.1) is 0 Å². The van der Waals surface area contributed by atoms with E-state index >= 15 is 0 Å². The minimum Gasteiger partial charge on any atom is -0.458 e. The van der Waals surface area contributed by atoms with Gasteiger partial charge < -0.3 is 4.74 Å². The van der Waals surface area contributed by atoms with E-state index < -0.39 is 0 Å². The molecule has 0 aromatic carbocycles. The van der Waals surface area contributed by atoms with E-state index in [4.69, 9.17) is 4.74 Å². The van der Waals surface area contributed by atoms with Crippen LogP contribution in [0.2, 0.25) is 0 Å². The normalized spacial score (nSPS) is 13.1. The van der Waals surface area contributed by atoms with Gasteiger partial charge in [-0.05, 0) is 25.3 Å². The lowest BCUT2D eigenvalue weighted by atomic mass is 10.1. The maximum absolute atomic E-state index is 10.7. The third-order valence-electron chi connectivity index (χ3n) is 2.04. The molecule has 1 unspecified atom stereocenters. The molecular weight excluding hydrogens is 176 g/mol. The largest absolute Gasteiger partial charge is 0.458 e. The molecule has 0 radical (unpaired) electrons. The van der Waals surface area contributed by atoms with E-state index in [1.54, 1.807) is 0 Å². The SMILES string of the molecule is CCCCC/C=C/C(CC)OC(C)=O. The standard InChI is InChI=1S/C12H22O2/c1-4-6-7-8-9-10-12(5-2)14-11(3)13/h9-10,12H,4-8H2,1-3H3/b10-9+. The van der Waals surface area contributed by atoms with Crippen molar-refractivity contribution in [1.29, 1.82) is 0 Å². The average Bonchev–Trinajstić information content (AvgIpc) is 2.15. The van der Waals surface area contributed by atoms with Gasteiger partial charge in [-0.15, -0.1) is 0 Å². The highest BCUT2D eigenvalue weighted by Gasteiger charge is 2.03. The van der Waals surface area contributed by atoms with Crippen molar-refractivity contribution in [3.63, 3.8) is 0 Å². The van der Waals surface area contributed by atoms with Gasteiger partial charge in [0.2, 0.25) is 0 Å². The third-order valence-corrected chi connectivity index (χ3v) is 2.04. The van der Waals surface area contributed by atoms with E-state index in [1.165, 1.54) is 26.2 Å². The first-order valence-electron chi connectivity index (χ1n) is 5.54. The van der Waals surface area contributed by atoms with Gasteiger partial charge in [-0.2, -0.15) is 0 Å². The van der Waals surface area contributed by atoms with Gasteiger partial charge in [0, 0.05) is 6.92 Å². The van der Waals surface area contributed by atoms with Gasteiger partial charge in [0.25, 0.3) is 0 Å². The van der Waals surface area contributed by atoms with Crippen molar-refractivity contribution in [2.75, 3.05) is 0 Å². The molecule has 2 heteroatoms. The molecule has 0 N–H and O–H groups in total. The topological polar surface area (TPSA) is 26.3 Å². The molecule has 0 amide bonds. The van der Waals surface area contributed by atoms with Crippen LogP contribution in [0.5, 0.6) is 0 Å². The summed E-state index contributed by atoms with van der Waals surface area (Å²) in [6, 6.07) is 0. The summed E-state index contributed by atoms with van der Waals surface area (Å²) in [6.07, 6.45) is 9.76. The fraction of sp³-hybridized carbons (Fsp3) is 0.750. The Morgan fingerprint density at radius 2 is 2.07 bits per heavy atom. The van der Waals surface area contributed by atoms with Crippen LogP contribution in [0, 0.1) is 0 Å². The van der Waals surface area contributed by atoms with E-state index in [0.717, 1.165) is 12.8 Å². The molecule has 0 fully saturated rings. The zero-order valence-electron chi connectivity index (χ0n) is 9.58. The minimum absolute atomic E-state index is 0.0332. The molecule has 2 nitrogen and oxygen atoms in total. The van der Waals surface area contributed by atoms with Crippen molar-refractivity contribution in [3.8, 4) is 0 Å². The fourth-order valence-electron chi connectivity index (χ4n) is 1.23. The van der Waals surface area contributed by atoms with Crippen molar-refractivity contribution in [2.45, 2.75) is 59.0 Å². The van der Waals surface area contributed by atoms with Crippen LogP contribution in [0.3, 0.4) is 0 Å². The summed E-state index contributed by atoms with van der Waals surface area (Å²) in [6.45, 7) is 5.66. The number of allylic oxidation sites excluding steroid dienone is 1. The number of rotatable bonds is 7. The van der Waals surface area contributed by atoms with E-state index in [2.05, 4.69) is 13.0 Å². The molecule has 0 aliphatic carbocycles. The molecule has 0 spiro atoms. The predicted octanol–water partition coefficient (Wildman–Crippen LogP) is 3.46. The lowest BCUT2D eigenvalue weighted by Gasteiger charge is -2.09. The van der Waals surface area contributed by atoms with Crippen molar-refractivity contribution >= 4 is 5.97 Å². The molecule has 0 saturated carbocycles. The number of carbonyl (C=O) groups is 1. The van der Waals surface area contributed by atoms with Crippen LogP contribution >= 0.6 is 0 Å². The summed E-state index contributed by atoms with van der Waals surface area (Å²) in [7, 11) is 0. The Morgan fingerprint density at radius 1 is 1.36 bits per heavy atom. The Morgan fingerprint density at radius 3 is 2.57 bits per heavy atom. The van der Waals surface area contributed by atoms with E-state index in [1.807, 2.05) is 13.0 Å². The Labute approximate surface area is 87.3 Å². The number of unbranched alkanes of at least 4 members (excludes halogenated alkanes) is 3. The molecule has 1 atom stereocenters. The summed E-state index contributed by atoms with van der Waals surface area (Å²) in [5.74, 6) is -0.199. The zero-order valence-corrected chi connectivity index (χ0v) is 9.58. The highest BCUT2D eigenvalue weighted by molar-refractivity contribution is 5.66. The molecular formula is C12H22O2. The van der Waals surface area contributed by atoms with Gasteiger partial charge in [-0.3, -0.25) is 4.79 Å². The predicted molar refractivity (Wildman–Crippen MR) is 59.1 cm³/mol. The first-order chi connectivity index (χ1) is 6.70. The van der Waals surface area contributed by atoms with Crippen LogP contribution in [-0.4, -0.2) is 12.1 Å². The minimum atomic E-state index is -0.199. The molecule has 14 heavy (non-hydrogen) atoms. The van der Waals surface area contributed by atoms with Crippen LogP contribution < -0.4 is 0 Å². The number of hydrogen-bond acceptors (Lipinski definition) is 2. The summed E-state index contributed by atoms with van der Waals surface area (Å²) in [5.41, 5.74) is 0. The Kier molecular flexibility index (Phi) is 8.30. The average molecular weight is 198 g/mol. The fourth-order valence-corrected chi connectivity index (χ4v) is 1.23. The number of esters is 1. The second kappa shape index (κ2) is 8.79. The Bertz CT molecular complexity index is 173. The summed E-state index contributed by atoms with van der Waals surface area (Å²) < 4.78 is 5.08. The molecule has 0 aliphatic heterocycles. The zero-order chi connectivity index (χ0) is 10.8. The van der Waals surface area contributed by atoms with E-state index in [9.17, 15) is 4.79 Å². The monoisotopic (exact) mass is 198 g/mol. The van der Waals surface area contributed by atoms with Crippen LogP contribution in [0.15, 0.2) is 12.2 Å². The van der Waals surface area contributed by atoms with Crippen molar-refractivity contribution < 1.29 is 9.53 Å². The van der Waals surface area contributed by atoms with Crippen molar-refractivity contribution in [3.05, 3.63) is 12.2 Å². The third kappa shape index (κ3) is 7.84. The van der Waals surface area contributed by atoms with Crippen LogP contribution in [0.25, 0.3) is 0 Å². The van der Waals surface area contributed by atoms with Crippen LogP contribution in [0.4, 0.5) is 0 Å². The Balaban J connectivity index is 3.63. The quantitative estimate of drug-likeness (QED) is 0.356. The second-order valence-corrected chi connectivity index (χ2v) is 3.48. The smallest absolute Gasteiger partial charge is 0.303 e. The maximum Gasteiger partial charge on any atom is 0.303 e. The maximum atomic E-state index is 10.7. The Hall–Kier alpha value is -0.790. The van der Waals surface area contributed by atoms with Crippen molar-refractivity contribution in [2.24, 2.45) is 0 Å². The first kappa shape index (κ1) is 13.2. The summed E-state index contributed by atoms with van der Waals surface area (Å²) >= 11 is 0. The number of carbonyl (C=O) groups excluding carboxylic acids is 1. The highest BCUT2D eigenvalue weighted by atomic mass is 16.5. The van der Waals surface area contributed by atoms with E-state index in [-0.39, 0.29) is 12.1 Å². The molecule has 0 aromatic heterocycles. The number of ether oxygens (including phenoxy) is 1. The first-order valence-corrected chi connectivity index (χ1v) is 5.54. The molecule has 0 aliphatic rings. The van der Waals surface area contributed by atoms with Gasteiger partial charge in [0.15, 0.2) is 0 Å². The van der Waals surface area contributed by atoms with Crippen LogP contribution in [-0.2, 0) is 9.53 Å². The molecule has 0 aromatic rings. The lowest BCUT2D eigenvalue weighted by Crippen LogP contribution is -2.12. The second-order valence-electron chi connectivity index (χ2n) is 3.48. The van der Waals surface area contributed by atoms with Crippen molar-refractivity contribution in [1.82, 2.24) is 0 Å². The van der Waals surface area contributed by atoms with Gasteiger partial charge in [0.1, 0.15) is 6.10 Å². The molecule has 0 rings (SSSR count). The highest BCUT2D eigenvalue weighted by Crippen LogP contribution is 2.04. The molecule has 82 valence electrons. The van der Waals surface area contributed by atoms with Gasteiger partial charge in [-0.25, -0.2) is 0 Å². The van der Waals surface area contributed by atoms with Gasteiger partial charge >= 0.3 is 5.97 Å². The summed E-state index contributed by atoms with van der Waals surface area (Å²) in [4.78, 5) is 10.7. The van der Waals surface area contributed by atoms with Gasteiger partial charge in [-0.1, -0.05) is 32.8 Å². The lowest BCUT2D eigenvalue weighted by molar-refractivity contribution is -0.144. The summed E-state index contributed by atoms with van der Waals surface area (Å²) in [5, 5.41) is 0.